The number of hydrogen-bond donors (Lipinski definition) is 3. The molecule has 1 heterocycles. The van der Waals surface area contributed by atoms with Gasteiger partial charge in [0.05, 0.1) is 13.6 Å². The van der Waals surface area contributed by atoms with Crippen LogP contribution in [0.5, 0.6) is 0 Å². The van der Waals surface area contributed by atoms with E-state index in [4.69, 9.17) is 0 Å². The van der Waals surface area contributed by atoms with Crippen molar-refractivity contribution >= 4 is 11.6 Å². The highest BCUT2D eigenvalue weighted by atomic mass is 16.2. The summed E-state index contributed by atoms with van der Waals surface area (Å²) in [5.74, 6) is 0.126. The average Bonchev–Trinajstić information content (AvgIpc) is 2.56. The summed E-state index contributed by atoms with van der Waals surface area (Å²) in [6.45, 7) is 11.3. The van der Waals surface area contributed by atoms with Gasteiger partial charge in [0.1, 0.15) is 32.2 Å². The molecule has 2 rings (SSSR count). The Morgan fingerprint density at radius 1 is 1.12 bits per heavy atom. The van der Waals surface area contributed by atoms with Crippen LogP contribution in [0.15, 0.2) is 24.3 Å². The van der Waals surface area contributed by atoms with Crippen molar-refractivity contribution in [3.63, 3.8) is 0 Å². The quantitative estimate of drug-likeness (QED) is 0.663. The van der Waals surface area contributed by atoms with Gasteiger partial charge in [-0.05, 0) is 12.1 Å². The molecule has 25 heavy (non-hydrogen) atoms. The number of rotatable bonds is 5. The third kappa shape index (κ3) is 5.44. The van der Waals surface area contributed by atoms with Crippen LogP contribution in [-0.4, -0.2) is 59.8 Å². The smallest absolute Gasteiger partial charge is 0.225 e. The van der Waals surface area contributed by atoms with Crippen LogP contribution in [0.25, 0.3) is 0 Å². The fourth-order valence-electron chi connectivity index (χ4n) is 3.31. The second kappa shape index (κ2) is 8.19. The summed E-state index contributed by atoms with van der Waals surface area (Å²) < 4.78 is 0. The lowest BCUT2D eigenvalue weighted by molar-refractivity contribution is -1.02. The number of nitrogens with zero attached hydrogens (tertiary/aromatic N) is 1. The Kier molecular flexibility index (Phi) is 6.47. The molecule has 0 radical (unpaired) electrons. The number of likely N-dealkylation sites (N-methyl/N-ethyl adjacent to an activating group) is 1. The van der Waals surface area contributed by atoms with Gasteiger partial charge in [0, 0.05) is 30.8 Å². The van der Waals surface area contributed by atoms with Crippen LogP contribution in [0.4, 0.5) is 5.69 Å². The molecule has 1 aliphatic rings. The molecule has 0 unspecified atom stereocenters. The number of benzene rings is 1. The minimum absolute atomic E-state index is 0.126. The summed E-state index contributed by atoms with van der Waals surface area (Å²) in [6, 6.07) is 9.11. The van der Waals surface area contributed by atoms with Gasteiger partial charge in [-0.25, -0.2) is 0 Å². The molecule has 1 saturated heterocycles. The van der Waals surface area contributed by atoms with E-state index < -0.39 is 0 Å². The molecule has 1 fully saturated rings. The van der Waals surface area contributed by atoms with Gasteiger partial charge in [0.2, 0.25) is 5.91 Å². The summed E-state index contributed by atoms with van der Waals surface area (Å²) in [5.41, 5.74) is 2.18. The van der Waals surface area contributed by atoms with Gasteiger partial charge in [0.25, 0.3) is 0 Å². The first-order chi connectivity index (χ1) is 11.7. The van der Waals surface area contributed by atoms with Gasteiger partial charge in [-0.3, -0.25) is 4.79 Å². The van der Waals surface area contributed by atoms with Crippen molar-refractivity contribution in [1.29, 1.82) is 0 Å². The summed E-state index contributed by atoms with van der Waals surface area (Å²) in [6.07, 6.45) is 0. The average molecular weight is 349 g/mol. The summed E-state index contributed by atoms with van der Waals surface area (Å²) in [5, 5.41) is 3.19. The van der Waals surface area contributed by atoms with Gasteiger partial charge < -0.3 is 20.0 Å². The molecule has 5 nitrogen and oxygen atoms in total. The van der Waals surface area contributed by atoms with Crippen LogP contribution in [0.3, 0.4) is 0 Å². The van der Waals surface area contributed by atoms with Gasteiger partial charge >= 0.3 is 0 Å². The minimum atomic E-state index is -0.346. The van der Waals surface area contributed by atoms with Crippen molar-refractivity contribution in [2.24, 2.45) is 5.41 Å². The molecular weight excluding hydrogens is 312 g/mol. The van der Waals surface area contributed by atoms with Crippen molar-refractivity contribution < 1.29 is 14.6 Å². The third-order valence-corrected chi connectivity index (χ3v) is 5.20. The lowest BCUT2D eigenvalue weighted by Gasteiger charge is -2.34. The van der Waals surface area contributed by atoms with Crippen molar-refractivity contribution in [2.45, 2.75) is 26.8 Å². The second-order valence-corrected chi connectivity index (χ2v) is 8.61. The van der Waals surface area contributed by atoms with E-state index in [9.17, 15) is 4.79 Å². The SMILES string of the molecule is CN(C)c1ccc([C@H](CNC(=O)C(C)(C)C)[NH+]2CC[NH+](C)CC2)cc1. The number of nitrogens with one attached hydrogen (secondary N) is 3. The second-order valence-electron chi connectivity index (χ2n) is 8.61. The van der Waals surface area contributed by atoms with Gasteiger partial charge in [-0.15, -0.1) is 0 Å². The lowest BCUT2D eigenvalue weighted by Crippen LogP contribution is -3.27. The standard InChI is InChI=1S/C20H34N4O/c1-20(2,3)19(25)21-15-18(24-13-11-23(6)12-14-24)16-7-9-17(10-8-16)22(4)5/h7-10,18H,11-15H2,1-6H3,(H,21,25)/p+2/t18-/m0/s1. The number of amides is 1. The van der Waals surface area contributed by atoms with Crippen LogP contribution in [-0.2, 0) is 4.79 Å². The number of carbonyl (C=O) groups is 1. The monoisotopic (exact) mass is 348 g/mol. The van der Waals surface area contributed by atoms with Crippen molar-refractivity contribution in [3.8, 4) is 0 Å². The Balaban J connectivity index is 2.15. The van der Waals surface area contributed by atoms with Gasteiger partial charge in [-0.2, -0.15) is 0 Å². The highest BCUT2D eigenvalue weighted by Crippen LogP contribution is 2.17. The topological polar surface area (TPSA) is 41.2 Å². The largest absolute Gasteiger partial charge is 0.378 e. The Morgan fingerprint density at radius 3 is 2.16 bits per heavy atom. The van der Waals surface area contributed by atoms with E-state index in [1.54, 1.807) is 9.80 Å². The highest BCUT2D eigenvalue weighted by molar-refractivity contribution is 5.81. The molecule has 1 aromatic rings. The Hall–Kier alpha value is -1.59. The zero-order valence-corrected chi connectivity index (χ0v) is 16.8. The van der Waals surface area contributed by atoms with Crippen molar-refractivity contribution in [1.82, 2.24) is 5.32 Å². The first-order valence-electron chi connectivity index (χ1n) is 9.40. The normalized spacial score (nSPS) is 22.3. The first-order valence-corrected chi connectivity index (χ1v) is 9.40. The van der Waals surface area contributed by atoms with E-state index in [1.165, 1.54) is 24.3 Å². The molecule has 1 aliphatic heterocycles. The van der Waals surface area contributed by atoms with Crippen LogP contribution in [0.1, 0.15) is 32.4 Å². The summed E-state index contributed by atoms with van der Waals surface area (Å²) >= 11 is 0. The van der Waals surface area contributed by atoms with E-state index in [0.29, 0.717) is 12.6 Å². The number of carbonyl (C=O) groups excluding carboxylic acids is 1. The van der Waals surface area contributed by atoms with E-state index in [0.717, 1.165) is 13.1 Å². The molecule has 3 N–H and O–H groups in total. The van der Waals surface area contributed by atoms with Crippen LogP contribution < -0.4 is 20.0 Å². The van der Waals surface area contributed by atoms with Crippen molar-refractivity contribution in [3.05, 3.63) is 29.8 Å². The molecule has 1 amide bonds. The molecule has 0 aliphatic carbocycles. The minimum Gasteiger partial charge on any atom is -0.378 e. The van der Waals surface area contributed by atoms with Crippen LogP contribution >= 0.6 is 0 Å². The molecule has 5 heteroatoms. The Labute approximate surface area is 153 Å². The van der Waals surface area contributed by atoms with Crippen LogP contribution in [0, 0.1) is 5.41 Å². The van der Waals surface area contributed by atoms with E-state index in [-0.39, 0.29) is 11.3 Å². The molecule has 1 aromatic carbocycles. The molecule has 1 atom stereocenters. The van der Waals surface area contributed by atoms with E-state index >= 15 is 0 Å². The zero-order valence-electron chi connectivity index (χ0n) is 16.8. The van der Waals surface area contributed by atoms with E-state index in [1.807, 2.05) is 20.8 Å². The van der Waals surface area contributed by atoms with Crippen LogP contribution in [0.2, 0.25) is 0 Å². The van der Waals surface area contributed by atoms with Gasteiger partial charge in [0.15, 0.2) is 0 Å². The number of quaternary nitrogens is 2. The predicted octanol–water partition coefficient (Wildman–Crippen LogP) is -0.631. The molecule has 0 spiro atoms. The maximum Gasteiger partial charge on any atom is 0.225 e. The number of hydrogen-bond acceptors (Lipinski definition) is 2. The third-order valence-electron chi connectivity index (χ3n) is 5.20. The fourth-order valence-corrected chi connectivity index (χ4v) is 3.31. The highest BCUT2D eigenvalue weighted by Gasteiger charge is 2.31. The molecule has 140 valence electrons. The van der Waals surface area contributed by atoms with Gasteiger partial charge in [-0.1, -0.05) is 32.9 Å². The number of anilines is 1. The molecule has 0 aromatic heterocycles. The summed E-state index contributed by atoms with van der Waals surface area (Å²) in [7, 11) is 6.38. The lowest BCUT2D eigenvalue weighted by atomic mass is 9.95. The molecule has 0 bridgehead atoms. The summed E-state index contributed by atoms with van der Waals surface area (Å²) in [4.78, 5) is 17.6. The first kappa shape index (κ1) is 19.7. The zero-order chi connectivity index (χ0) is 18.6. The molecule has 0 saturated carbocycles. The van der Waals surface area contributed by atoms with E-state index in [2.05, 4.69) is 55.6 Å². The maximum absolute atomic E-state index is 12.3. The Morgan fingerprint density at radius 2 is 1.68 bits per heavy atom. The molecular formula is C20H36N4O+2. The Bertz CT molecular complexity index is 554. The fraction of sp³-hybridized carbons (Fsp3) is 0.650. The maximum atomic E-state index is 12.3. The van der Waals surface area contributed by atoms with Crippen molar-refractivity contribution in [2.75, 3.05) is 58.8 Å². The predicted molar refractivity (Wildman–Crippen MR) is 103 cm³/mol. The number of piperazine rings is 1.